The van der Waals surface area contributed by atoms with E-state index in [0.717, 1.165) is 24.8 Å². The van der Waals surface area contributed by atoms with Gasteiger partial charge in [0.25, 0.3) is 0 Å². The van der Waals surface area contributed by atoms with Crippen LogP contribution in [0.1, 0.15) is 64.2 Å². The average Bonchev–Trinajstić information content (AvgIpc) is 2.38. The molecule has 1 aromatic rings. The van der Waals surface area contributed by atoms with Gasteiger partial charge in [-0.1, -0.05) is 29.8 Å². The fraction of sp³-hybridized carbons (Fsp3) is 0.611. The van der Waals surface area contributed by atoms with E-state index in [1.54, 1.807) is 0 Å². The highest BCUT2D eigenvalue weighted by Gasteiger charge is 2.44. The van der Waals surface area contributed by atoms with Gasteiger partial charge < -0.3 is 5.11 Å². The van der Waals surface area contributed by atoms with Gasteiger partial charge in [0.05, 0.1) is 0 Å². The maximum Gasteiger partial charge on any atom is 0.339 e. The summed E-state index contributed by atoms with van der Waals surface area (Å²) in [6.07, 6.45) is 2.15. The molecule has 0 saturated carbocycles. The molecule has 0 amide bonds. The molecule has 0 spiro atoms. The number of carboxylic acid groups (broad SMARTS) is 1. The number of nitrogens with zero attached hydrogens (tertiary/aromatic N) is 1. The number of hydroxylamine groups is 2. The molecule has 4 heteroatoms. The Morgan fingerprint density at radius 3 is 2.09 bits per heavy atom. The number of hydrogen-bond acceptors (Lipinski definition) is 3. The summed E-state index contributed by atoms with van der Waals surface area (Å²) in [7, 11) is 0. The molecule has 0 bridgehead atoms. The van der Waals surface area contributed by atoms with Gasteiger partial charge in [-0.25, -0.2) is 4.79 Å². The zero-order valence-electron chi connectivity index (χ0n) is 14.2. The summed E-state index contributed by atoms with van der Waals surface area (Å²) in [5, 5.41) is 11.5. The molecule has 0 radical (unpaired) electrons. The van der Waals surface area contributed by atoms with Gasteiger partial charge in [-0.15, -0.1) is 0 Å². The van der Waals surface area contributed by atoms with Crippen molar-refractivity contribution in [3.8, 4) is 0 Å². The lowest BCUT2D eigenvalue weighted by Gasteiger charge is -2.52. The predicted molar refractivity (Wildman–Crippen MR) is 86.5 cm³/mol. The van der Waals surface area contributed by atoms with Crippen molar-refractivity contribution in [1.29, 1.82) is 0 Å². The lowest BCUT2D eigenvalue weighted by Crippen LogP contribution is -2.58. The first-order chi connectivity index (χ1) is 10.1. The van der Waals surface area contributed by atoms with Crippen molar-refractivity contribution in [2.45, 2.75) is 71.1 Å². The molecule has 122 valence electrons. The van der Waals surface area contributed by atoms with E-state index in [0.29, 0.717) is 5.56 Å². The molecule has 1 aliphatic rings. The van der Waals surface area contributed by atoms with Crippen molar-refractivity contribution in [3.63, 3.8) is 0 Å². The summed E-state index contributed by atoms with van der Waals surface area (Å²) >= 11 is 0. The third-order valence-corrected chi connectivity index (χ3v) is 4.49. The minimum atomic E-state index is -0.975. The Labute approximate surface area is 133 Å². The summed E-state index contributed by atoms with van der Waals surface area (Å²) in [5.74, 6) is -0.957. The molecule has 1 saturated heterocycles. The van der Waals surface area contributed by atoms with Crippen LogP contribution in [0, 0.1) is 6.92 Å². The minimum Gasteiger partial charge on any atom is -0.479 e. The Bertz CT molecular complexity index is 518. The number of hydrogen-bond donors (Lipinski definition) is 1. The molecule has 0 aromatic heterocycles. The average molecular weight is 305 g/mol. The fourth-order valence-corrected chi connectivity index (χ4v) is 3.36. The van der Waals surface area contributed by atoms with Crippen molar-refractivity contribution in [1.82, 2.24) is 5.06 Å². The second-order valence-corrected chi connectivity index (χ2v) is 7.51. The Kier molecular flexibility index (Phi) is 4.64. The smallest absolute Gasteiger partial charge is 0.339 e. The van der Waals surface area contributed by atoms with E-state index >= 15 is 0 Å². The van der Waals surface area contributed by atoms with Gasteiger partial charge in [0.1, 0.15) is 0 Å². The highest BCUT2D eigenvalue weighted by atomic mass is 16.7. The minimum absolute atomic E-state index is 0.180. The second-order valence-electron chi connectivity index (χ2n) is 7.51. The maximum atomic E-state index is 11.7. The number of aryl methyl sites for hydroxylation is 1. The lowest BCUT2D eigenvalue weighted by molar-refractivity contribution is -0.304. The molecule has 1 unspecified atom stereocenters. The summed E-state index contributed by atoms with van der Waals surface area (Å²) in [5.41, 5.74) is 1.42. The molecule has 1 heterocycles. The first-order valence-electron chi connectivity index (χ1n) is 7.90. The van der Waals surface area contributed by atoms with E-state index in [-0.39, 0.29) is 11.1 Å². The van der Waals surface area contributed by atoms with Crippen molar-refractivity contribution < 1.29 is 14.7 Å². The largest absolute Gasteiger partial charge is 0.479 e. The standard InChI is InChI=1S/C18H27NO3/c1-13-7-9-14(10-8-13)15(16(20)21)22-19-17(2,3)11-6-12-18(19,4)5/h7-10,15H,6,11-12H2,1-5H3,(H,20,21). The van der Waals surface area contributed by atoms with E-state index in [4.69, 9.17) is 4.84 Å². The molecular formula is C18H27NO3. The third-order valence-electron chi connectivity index (χ3n) is 4.49. The van der Waals surface area contributed by atoms with Crippen LogP contribution in [0.2, 0.25) is 0 Å². The van der Waals surface area contributed by atoms with Crippen molar-refractivity contribution in [2.75, 3.05) is 0 Å². The van der Waals surface area contributed by atoms with Gasteiger partial charge in [-0.3, -0.25) is 4.84 Å². The van der Waals surface area contributed by atoms with Crippen LogP contribution in [0.25, 0.3) is 0 Å². The fourth-order valence-electron chi connectivity index (χ4n) is 3.36. The van der Waals surface area contributed by atoms with Crippen molar-refractivity contribution in [2.24, 2.45) is 0 Å². The second kappa shape index (κ2) is 6.01. The van der Waals surface area contributed by atoms with Gasteiger partial charge in [-0.05, 0) is 59.4 Å². The SMILES string of the molecule is Cc1ccc(C(ON2C(C)(C)CCCC2(C)C)C(=O)O)cc1. The molecule has 22 heavy (non-hydrogen) atoms. The first kappa shape index (κ1) is 17.0. The molecule has 1 aromatic carbocycles. The first-order valence-corrected chi connectivity index (χ1v) is 7.90. The quantitative estimate of drug-likeness (QED) is 0.910. The monoisotopic (exact) mass is 305 g/mol. The van der Waals surface area contributed by atoms with Gasteiger partial charge in [0.15, 0.2) is 0 Å². The van der Waals surface area contributed by atoms with E-state index < -0.39 is 12.1 Å². The van der Waals surface area contributed by atoms with Crippen LogP contribution < -0.4 is 0 Å². The van der Waals surface area contributed by atoms with E-state index in [1.165, 1.54) is 0 Å². The van der Waals surface area contributed by atoms with Crippen LogP contribution in [0.4, 0.5) is 0 Å². The molecule has 2 rings (SSSR count). The Hall–Kier alpha value is -1.39. The van der Waals surface area contributed by atoms with Gasteiger partial charge >= 0.3 is 5.97 Å². The zero-order chi connectivity index (χ0) is 16.5. The number of carbonyl (C=O) groups is 1. The van der Waals surface area contributed by atoms with Crippen LogP contribution in [0.5, 0.6) is 0 Å². The number of carboxylic acids is 1. The predicted octanol–water partition coefficient (Wildman–Crippen LogP) is 4.10. The van der Waals surface area contributed by atoms with Crippen molar-refractivity contribution in [3.05, 3.63) is 35.4 Å². The van der Waals surface area contributed by atoms with E-state index in [9.17, 15) is 9.90 Å². The van der Waals surface area contributed by atoms with E-state index in [1.807, 2.05) is 36.3 Å². The highest BCUT2D eigenvalue weighted by molar-refractivity contribution is 5.74. The zero-order valence-corrected chi connectivity index (χ0v) is 14.2. The Morgan fingerprint density at radius 1 is 1.14 bits per heavy atom. The Balaban J connectivity index is 2.30. The molecule has 1 fully saturated rings. The highest BCUT2D eigenvalue weighted by Crippen LogP contribution is 2.40. The number of aliphatic carboxylic acids is 1. The third kappa shape index (κ3) is 3.50. The Morgan fingerprint density at radius 2 is 1.64 bits per heavy atom. The number of rotatable bonds is 4. The normalized spacial score (nSPS) is 22.2. The summed E-state index contributed by atoms with van der Waals surface area (Å²) in [6, 6.07) is 7.50. The summed E-state index contributed by atoms with van der Waals surface area (Å²) in [4.78, 5) is 17.8. The molecule has 1 N–H and O–H groups in total. The van der Waals surface area contributed by atoms with Gasteiger partial charge in [0.2, 0.25) is 6.10 Å². The number of benzene rings is 1. The van der Waals surface area contributed by atoms with Crippen LogP contribution >= 0.6 is 0 Å². The summed E-state index contributed by atoms with van der Waals surface area (Å²) < 4.78 is 0. The van der Waals surface area contributed by atoms with E-state index in [2.05, 4.69) is 27.7 Å². The lowest BCUT2D eigenvalue weighted by atomic mass is 9.82. The summed E-state index contributed by atoms with van der Waals surface area (Å²) in [6.45, 7) is 10.4. The molecular weight excluding hydrogens is 278 g/mol. The van der Waals surface area contributed by atoms with Crippen LogP contribution in [-0.4, -0.2) is 27.2 Å². The molecule has 4 nitrogen and oxygen atoms in total. The molecule has 1 atom stereocenters. The van der Waals surface area contributed by atoms with Crippen LogP contribution in [0.15, 0.2) is 24.3 Å². The van der Waals surface area contributed by atoms with Gasteiger partial charge in [-0.2, -0.15) is 5.06 Å². The molecule has 0 aliphatic carbocycles. The van der Waals surface area contributed by atoms with Gasteiger partial charge in [0, 0.05) is 11.1 Å². The van der Waals surface area contributed by atoms with Crippen LogP contribution in [0.3, 0.4) is 0 Å². The number of piperidine rings is 1. The van der Waals surface area contributed by atoms with Crippen LogP contribution in [-0.2, 0) is 9.63 Å². The topological polar surface area (TPSA) is 49.8 Å². The van der Waals surface area contributed by atoms with Crippen molar-refractivity contribution >= 4 is 5.97 Å². The molecule has 1 aliphatic heterocycles. The maximum absolute atomic E-state index is 11.7.